The minimum absolute atomic E-state index is 0.129. The van der Waals surface area contributed by atoms with Crippen LogP contribution in [0.1, 0.15) is 36.7 Å². The monoisotopic (exact) mass is 392 g/mol. The maximum atomic E-state index is 14.1. The Hall–Kier alpha value is -2.13. The maximum Gasteiger partial charge on any atom is 0.254 e. The summed E-state index contributed by atoms with van der Waals surface area (Å²) in [6, 6.07) is 4.14. The van der Waals surface area contributed by atoms with Crippen LogP contribution in [-0.4, -0.2) is 58.0 Å². The summed E-state index contributed by atoms with van der Waals surface area (Å²) in [6.07, 6.45) is 0.151. The van der Waals surface area contributed by atoms with Gasteiger partial charge in [0.15, 0.2) is 0 Å². The lowest BCUT2D eigenvalue weighted by atomic mass is 10.1. The zero-order chi connectivity index (χ0) is 19.7. The van der Waals surface area contributed by atoms with Crippen molar-refractivity contribution in [2.45, 2.75) is 44.8 Å². The van der Waals surface area contributed by atoms with Crippen LogP contribution < -0.4 is 11.1 Å². The van der Waals surface area contributed by atoms with E-state index in [9.17, 15) is 9.18 Å². The highest BCUT2D eigenvalue weighted by Gasteiger charge is 2.38. The number of piperazine rings is 1. The number of hydrogen-bond donors (Lipinski definition) is 3. The predicted molar refractivity (Wildman–Crippen MR) is 106 cm³/mol. The summed E-state index contributed by atoms with van der Waals surface area (Å²) in [4.78, 5) is 16.3. The van der Waals surface area contributed by atoms with Crippen molar-refractivity contribution in [2.24, 2.45) is 10.1 Å². The van der Waals surface area contributed by atoms with Crippen LogP contribution in [0.3, 0.4) is 0 Å². The molecule has 1 amide bonds. The molecular weight excluding hydrogens is 367 g/mol. The van der Waals surface area contributed by atoms with Crippen LogP contribution in [-0.2, 0) is 6.42 Å². The second-order valence-corrected chi connectivity index (χ2v) is 7.65. The number of carbonyl (C=O) groups is 1. The molecule has 1 aromatic carbocycles. The molecule has 0 aliphatic carbocycles. The van der Waals surface area contributed by atoms with Gasteiger partial charge in [-0.3, -0.25) is 10.2 Å². The summed E-state index contributed by atoms with van der Waals surface area (Å²) < 4.78 is 18.3. The topological polar surface area (TPSA) is 97.8 Å². The molecule has 0 spiro atoms. The Labute approximate surface area is 162 Å². The SMILES string of the molecule is CCc1ccc(C(=O)N2CCN(C(N)C3NC(C)=NS3)C(=N)C2C)cc1F. The Morgan fingerprint density at radius 2 is 2.26 bits per heavy atom. The first kappa shape index (κ1) is 19.6. The molecule has 1 saturated heterocycles. The van der Waals surface area contributed by atoms with E-state index in [2.05, 4.69) is 9.71 Å². The molecule has 0 aromatic heterocycles. The molecule has 0 radical (unpaired) electrons. The fraction of sp³-hybridized carbons (Fsp3) is 0.500. The number of amides is 1. The number of nitrogens with two attached hydrogens (primary N) is 1. The third-order valence-electron chi connectivity index (χ3n) is 5.02. The molecule has 1 aromatic rings. The van der Waals surface area contributed by atoms with Crippen LogP contribution in [0.15, 0.2) is 22.6 Å². The Kier molecular flexibility index (Phi) is 5.71. The van der Waals surface area contributed by atoms with Gasteiger partial charge >= 0.3 is 0 Å². The Bertz CT molecular complexity index is 785. The minimum atomic E-state index is -0.445. The standard InChI is InChI=1S/C18H25FN6OS/c1-4-12-5-6-13(9-14(12)19)18(26)24-7-8-25(15(20)10(24)2)16(21)17-22-11(3)23-27-17/h5-6,9-10,16-17,20H,4,7-8,21H2,1-3H3,(H,22,23). The number of nitrogens with one attached hydrogen (secondary N) is 2. The lowest BCUT2D eigenvalue weighted by molar-refractivity contribution is 0.0661. The van der Waals surface area contributed by atoms with Gasteiger partial charge < -0.3 is 20.9 Å². The summed E-state index contributed by atoms with van der Waals surface area (Å²) >= 11 is 1.36. The highest BCUT2D eigenvalue weighted by molar-refractivity contribution is 7.99. The summed E-state index contributed by atoms with van der Waals surface area (Å²) in [5.41, 5.74) is 7.22. The Morgan fingerprint density at radius 1 is 1.52 bits per heavy atom. The summed E-state index contributed by atoms with van der Waals surface area (Å²) in [5, 5.41) is 11.6. The highest BCUT2D eigenvalue weighted by atomic mass is 32.2. The van der Waals surface area contributed by atoms with Crippen molar-refractivity contribution in [2.75, 3.05) is 13.1 Å². The molecule has 3 unspecified atom stereocenters. The molecule has 0 saturated carbocycles. The molecular formula is C18H25FN6OS. The highest BCUT2D eigenvalue weighted by Crippen LogP contribution is 2.24. The number of rotatable bonds is 4. The number of hydrogen-bond acceptors (Lipinski definition) is 6. The normalized spacial score (nSPS) is 23.9. The maximum absolute atomic E-state index is 14.1. The van der Waals surface area contributed by atoms with Crippen molar-refractivity contribution >= 4 is 29.5 Å². The first-order valence-corrected chi connectivity index (χ1v) is 9.84. The van der Waals surface area contributed by atoms with Gasteiger partial charge in [0.2, 0.25) is 0 Å². The van der Waals surface area contributed by atoms with Crippen molar-refractivity contribution in [3.63, 3.8) is 0 Å². The van der Waals surface area contributed by atoms with Gasteiger partial charge in [-0.2, -0.15) is 0 Å². The lowest BCUT2D eigenvalue weighted by Gasteiger charge is -2.44. The van der Waals surface area contributed by atoms with Gasteiger partial charge in [-0.15, -0.1) is 0 Å². The van der Waals surface area contributed by atoms with E-state index < -0.39 is 12.2 Å². The first-order chi connectivity index (χ1) is 12.8. The van der Waals surface area contributed by atoms with Crippen LogP contribution in [0.2, 0.25) is 0 Å². The minimum Gasteiger partial charge on any atom is -0.357 e. The molecule has 1 fully saturated rings. The molecule has 2 aliphatic rings. The van der Waals surface area contributed by atoms with Gasteiger partial charge in [0.05, 0.1) is 6.04 Å². The molecule has 3 rings (SSSR count). The number of halogens is 1. The van der Waals surface area contributed by atoms with Crippen molar-refractivity contribution in [1.82, 2.24) is 15.1 Å². The third-order valence-corrected chi connectivity index (χ3v) is 6.02. The van der Waals surface area contributed by atoms with Gasteiger partial charge in [-0.25, -0.2) is 8.79 Å². The van der Waals surface area contributed by atoms with E-state index in [4.69, 9.17) is 11.1 Å². The van der Waals surface area contributed by atoms with E-state index in [1.165, 1.54) is 18.0 Å². The van der Waals surface area contributed by atoms with Crippen LogP contribution in [0.25, 0.3) is 0 Å². The molecule has 0 bridgehead atoms. The summed E-state index contributed by atoms with van der Waals surface area (Å²) in [6.45, 7) is 6.41. The fourth-order valence-corrected chi connectivity index (χ4v) is 4.16. The van der Waals surface area contributed by atoms with E-state index in [1.54, 1.807) is 28.9 Å². The number of carbonyl (C=O) groups excluding carboxylic acids is 1. The van der Waals surface area contributed by atoms with Gasteiger partial charge in [0.25, 0.3) is 5.91 Å². The van der Waals surface area contributed by atoms with E-state index in [0.717, 1.165) is 5.84 Å². The largest absolute Gasteiger partial charge is 0.357 e. The molecule has 4 N–H and O–H groups in total. The molecule has 7 nitrogen and oxygen atoms in total. The molecule has 2 heterocycles. The summed E-state index contributed by atoms with van der Waals surface area (Å²) in [7, 11) is 0. The zero-order valence-electron chi connectivity index (χ0n) is 15.7. The van der Waals surface area contributed by atoms with E-state index in [0.29, 0.717) is 30.6 Å². The molecule has 146 valence electrons. The average Bonchev–Trinajstić information content (AvgIpc) is 3.09. The average molecular weight is 393 g/mol. The first-order valence-electron chi connectivity index (χ1n) is 9.00. The van der Waals surface area contributed by atoms with Crippen LogP contribution in [0, 0.1) is 11.2 Å². The van der Waals surface area contributed by atoms with E-state index >= 15 is 0 Å². The summed E-state index contributed by atoms with van der Waals surface area (Å²) in [5.74, 6) is 0.451. The van der Waals surface area contributed by atoms with Crippen molar-refractivity contribution < 1.29 is 9.18 Å². The van der Waals surface area contributed by atoms with E-state index in [1.807, 2.05) is 13.8 Å². The third kappa shape index (κ3) is 3.79. The Morgan fingerprint density at radius 3 is 2.85 bits per heavy atom. The Balaban J connectivity index is 1.70. The van der Waals surface area contributed by atoms with Crippen molar-refractivity contribution in [3.05, 3.63) is 35.1 Å². The van der Waals surface area contributed by atoms with Crippen molar-refractivity contribution in [1.29, 1.82) is 5.41 Å². The van der Waals surface area contributed by atoms with Gasteiger partial charge in [-0.05, 0) is 38.0 Å². The number of amidine groups is 2. The predicted octanol–water partition coefficient (Wildman–Crippen LogP) is 1.79. The fourth-order valence-electron chi connectivity index (χ4n) is 3.34. The molecule has 2 aliphatic heterocycles. The van der Waals surface area contributed by atoms with Gasteiger partial charge in [0, 0.05) is 30.6 Å². The smallest absolute Gasteiger partial charge is 0.254 e. The van der Waals surface area contributed by atoms with Gasteiger partial charge in [-0.1, -0.05) is 13.0 Å². The number of aryl methyl sites for hydroxylation is 1. The van der Waals surface area contributed by atoms with Gasteiger partial charge in [0.1, 0.15) is 29.0 Å². The zero-order valence-corrected chi connectivity index (χ0v) is 16.5. The van der Waals surface area contributed by atoms with Crippen LogP contribution >= 0.6 is 11.9 Å². The lowest BCUT2D eigenvalue weighted by Crippen LogP contribution is -2.64. The molecule has 3 atom stereocenters. The second kappa shape index (κ2) is 7.85. The molecule has 9 heteroatoms. The quantitative estimate of drug-likeness (QED) is 0.679. The molecule has 27 heavy (non-hydrogen) atoms. The van der Waals surface area contributed by atoms with Crippen LogP contribution in [0.5, 0.6) is 0 Å². The van der Waals surface area contributed by atoms with E-state index in [-0.39, 0.29) is 22.9 Å². The number of benzene rings is 1. The number of nitrogens with zero attached hydrogens (tertiary/aromatic N) is 3. The van der Waals surface area contributed by atoms with Crippen LogP contribution in [0.4, 0.5) is 4.39 Å². The second-order valence-electron chi connectivity index (χ2n) is 6.75. The van der Waals surface area contributed by atoms with Crippen molar-refractivity contribution in [3.8, 4) is 0 Å².